The molecular formula is C9H10Cl2O. The van der Waals surface area contributed by atoms with Crippen LogP contribution in [0.1, 0.15) is 5.56 Å². The third kappa shape index (κ3) is 2.67. The van der Waals surface area contributed by atoms with Gasteiger partial charge in [-0.3, -0.25) is 0 Å². The highest BCUT2D eigenvalue weighted by atomic mass is 35.5. The Bertz CT molecular complexity index is 261. The molecule has 0 aromatic heterocycles. The first kappa shape index (κ1) is 9.85. The quantitative estimate of drug-likeness (QED) is 0.736. The third-order valence-corrected chi connectivity index (χ3v) is 2.18. The van der Waals surface area contributed by atoms with Crippen molar-refractivity contribution in [3.05, 3.63) is 33.8 Å². The van der Waals surface area contributed by atoms with Crippen LogP contribution < -0.4 is 0 Å². The molecule has 0 aliphatic rings. The Kier molecular flexibility index (Phi) is 3.86. The lowest BCUT2D eigenvalue weighted by molar-refractivity contribution is 0.202. The number of ether oxygens (including phenoxy) is 1. The molecule has 0 atom stereocenters. The molecule has 0 aliphatic carbocycles. The van der Waals surface area contributed by atoms with Crippen LogP contribution in [0.4, 0.5) is 0 Å². The summed E-state index contributed by atoms with van der Waals surface area (Å²) in [4.78, 5) is 0. The van der Waals surface area contributed by atoms with Crippen LogP contribution in [0.2, 0.25) is 10.0 Å². The van der Waals surface area contributed by atoms with Gasteiger partial charge in [0, 0.05) is 17.2 Å². The molecule has 0 amide bonds. The SMILES string of the molecule is COCCc1ccc(Cl)cc1Cl. The molecule has 66 valence electrons. The first-order valence-corrected chi connectivity index (χ1v) is 4.42. The fraction of sp³-hybridized carbons (Fsp3) is 0.333. The van der Waals surface area contributed by atoms with Crippen LogP contribution in [0.25, 0.3) is 0 Å². The second-order valence-electron chi connectivity index (χ2n) is 2.48. The number of hydrogen-bond donors (Lipinski definition) is 0. The van der Waals surface area contributed by atoms with Crippen LogP contribution >= 0.6 is 23.2 Å². The van der Waals surface area contributed by atoms with Crippen LogP contribution in [0.5, 0.6) is 0 Å². The molecule has 0 saturated carbocycles. The standard InChI is InChI=1S/C9H10Cl2O/c1-12-5-4-7-2-3-8(10)6-9(7)11/h2-3,6H,4-5H2,1H3. The summed E-state index contributed by atoms with van der Waals surface area (Å²) >= 11 is 11.7. The number of benzene rings is 1. The zero-order valence-corrected chi connectivity index (χ0v) is 8.32. The minimum absolute atomic E-state index is 0.668. The fourth-order valence-electron chi connectivity index (χ4n) is 0.936. The van der Waals surface area contributed by atoms with Gasteiger partial charge in [0.05, 0.1) is 6.61 Å². The predicted octanol–water partition coefficient (Wildman–Crippen LogP) is 3.18. The number of hydrogen-bond acceptors (Lipinski definition) is 1. The van der Waals surface area contributed by atoms with Gasteiger partial charge in [-0.05, 0) is 24.1 Å². The summed E-state index contributed by atoms with van der Waals surface area (Å²) in [6, 6.07) is 5.50. The molecule has 0 spiro atoms. The zero-order chi connectivity index (χ0) is 8.97. The van der Waals surface area contributed by atoms with Crippen molar-refractivity contribution in [2.24, 2.45) is 0 Å². The van der Waals surface area contributed by atoms with Gasteiger partial charge in [0.15, 0.2) is 0 Å². The summed E-state index contributed by atoms with van der Waals surface area (Å²) in [7, 11) is 1.67. The molecule has 0 saturated heterocycles. The van der Waals surface area contributed by atoms with Crippen molar-refractivity contribution in [3.63, 3.8) is 0 Å². The van der Waals surface area contributed by atoms with Crippen molar-refractivity contribution in [3.8, 4) is 0 Å². The fourth-order valence-corrected chi connectivity index (χ4v) is 1.44. The van der Waals surface area contributed by atoms with Gasteiger partial charge in [-0.1, -0.05) is 29.3 Å². The van der Waals surface area contributed by atoms with E-state index in [0.29, 0.717) is 16.7 Å². The molecule has 3 heteroatoms. The van der Waals surface area contributed by atoms with E-state index in [1.54, 1.807) is 13.2 Å². The molecule has 1 aromatic carbocycles. The van der Waals surface area contributed by atoms with Crippen LogP contribution in [0, 0.1) is 0 Å². The van der Waals surface area contributed by atoms with E-state index in [9.17, 15) is 0 Å². The van der Waals surface area contributed by atoms with Crippen LogP contribution in [-0.2, 0) is 11.2 Å². The first-order valence-electron chi connectivity index (χ1n) is 3.67. The van der Waals surface area contributed by atoms with Crippen LogP contribution in [-0.4, -0.2) is 13.7 Å². The molecule has 12 heavy (non-hydrogen) atoms. The molecule has 1 rings (SSSR count). The average molecular weight is 205 g/mol. The summed E-state index contributed by atoms with van der Waals surface area (Å²) in [5, 5.41) is 1.38. The summed E-state index contributed by atoms with van der Waals surface area (Å²) in [6.45, 7) is 0.682. The lowest BCUT2D eigenvalue weighted by atomic mass is 10.2. The molecular weight excluding hydrogens is 195 g/mol. The maximum atomic E-state index is 5.93. The third-order valence-electron chi connectivity index (χ3n) is 1.59. The minimum atomic E-state index is 0.668. The van der Waals surface area contributed by atoms with Gasteiger partial charge in [-0.15, -0.1) is 0 Å². The van der Waals surface area contributed by atoms with E-state index in [4.69, 9.17) is 27.9 Å². The van der Waals surface area contributed by atoms with Crippen LogP contribution in [0.15, 0.2) is 18.2 Å². The van der Waals surface area contributed by atoms with E-state index in [1.807, 2.05) is 12.1 Å². The lowest BCUT2D eigenvalue weighted by Gasteiger charge is -2.02. The maximum absolute atomic E-state index is 5.93. The topological polar surface area (TPSA) is 9.23 Å². The minimum Gasteiger partial charge on any atom is -0.384 e. The van der Waals surface area contributed by atoms with E-state index >= 15 is 0 Å². The Labute approximate surface area is 82.2 Å². The van der Waals surface area contributed by atoms with Crippen molar-refractivity contribution >= 4 is 23.2 Å². The monoisotopic (exact) mass is 204 g/mol. The van der Waals surface area contributed by atoms with E-state index in [1.165, 1.54) is 0 Å². The summed E-state index contributed by atoms with van der Waals surface area (Å²) < 4.78 is 4.94. The second kappa shape index (κ2) is 4.70. The average Bonchev–Trinajstić information content (AvgIpc) is 2.03. The van der Waals surface area contributed by atoms with E-state index in [2.05, 4.69) is 0 Å². The summed E-state index contributed by atoms with van der Waals surface area (Å²) in [5.41, 5.74) is 1.07. The van der Waals surface area contributed by atoms with Crippen molar-refractivity contribution in [1.29, 1.82) is 0 Å². The first-order chi connectivity index (χ1) is 5.74. The Morgan fingerprint density at radius 2 is 2.08 bits per heavy atom. The van der Waals surface area contributed by atoms with Crippen molar-refractivity contribution in [2.45, 2.75) is 6.42 Å². The second-order valence-corrected chi connectivity index (χ2v) is 3.32. The van der Waals surface area contributed by atoms with Gasteiger partial charge in [0.1, 0.15) is 0 Å². The van der Waals surface area contributed by atoms with Gasteiger partial charge < -0.3 is 4.74 Å². The number of halogens is 2. The van der Waals surface area contributed by atoms with Crippen LogP contribution in [0.3, 0.4) is 0 Å². The highest BCUT2D eigenvalue weighted by molar-refractivity contribution is 6.35. The van der Waals surface area contributed by atoms with Crippen molar-refractivity contribution in [2.75, 3.05) is 13.7 Å². The van der Waals surface area contributed by atoms with E-state index in [-0.39, 0.29) is 0 Å². The van der Waals surface area contributed by atoms with E-state index in [0.717, 1.165) is 12.0 Å². The molecule has 1 nitrogen and oxygen atoms in total. The molecule has 1 aromatic rings. The van der Waals surface area contributed by atoms with Gasteiger partial charge in [0.2, 0.25) is 0 Å². The highest BCUT2D eigenvalue weighted by Crippen LogP contribution is 2.21. The van der Waals surface area contributed by atoms with Gasteiger partial charge in [0.25, 0.3) is 0 Å². The highest BCUT2D eigenvalue weighted by Gasteiger charge is 1.99. The Hall–Kier alpha value is -0.240. The van der Waals surface area contributed by atoms with Gasteiger partial charge in [-0.2, -0.15) is 0 Å². The number of rotatable bonds is 3. The van der Waals surface area contributed by atoms with Crippen molar-refractivity contribution < 1.29 is 4.74 Å². The van der Waals surface area contributed by atoms with Crippen molar-refractivity contribution in [1.82, 2.24) is 0 Å². The molecule has 0 aliphatic heterocycles. The zero-order valence-electron chi connectivity index (χ0n) is 6.81. The molecule has 0 bridgehead atoms. The normalized spacial score (nSPS) is 10.2. The molecule has 0 radical (unpaired) electrons. The Morgan fingerprint density at radius 3 is 2.67 bits per heavy atom. The molecule has 0 N–H and O–H groups in total. The predicted molar refractivity (Wildman–Crippen MR) is 52.0 cm³/mol. The van der Waals surface area contributed by atoms with Gasteiger partial charge in [-0.25, -0.2) is 0 Å². The Morgan fingerprint density at radius 1 is 1.33 bits per heavy atom. The molecule has 0 unspecified atom stereocenters. The largest absolute Gasteiger partial charge is 0.384 e. The Balaban J connectivity index is 2.72. The number of methoxy groups -OCH3 is 1. The lowest BCUT2D eigenvalue weighted by Crippen LogP contribution is -1.94. The molecule has 0 fully saturated rings. The van der Waals surface area contributed by atoms with Gasteiger partial charge >= 0.3 is 0 Å². The van der Waals surface area contributed by atoms with E-state index < -0.39 is 0 Å². The summed E-state index contributed by atoms with van der Waals surface area (Å²) in [5.74, 6) is 0. The maximum Gasteiger partial charge on any atom is 0.0503 e. The summed E-state index contributed by atoms with van der Waals surface area (Å²) in [6.07, 6.45) is 0.826. The molecule has 0 heterocycles. The smallest absolute Gasteiger partial charge is 0.0503 e.